The van der Waals surface area contributed by atoms with Crippen LogP contribution in [0.25, 0.3) is 6.08 Å². The molecule has 0 spiro atoms. The second-order valence-corrected chi connectivity index (χ2v) is 9.66. The van der Waals surface area contributed by atoms with Crippen molar-refractivity contribution >= 4 is 6.08 Å². The van der Waals surface area contributed by atoms with Crippen LogP contribution in [0.4, 0.5) is 0 Å². The van der Waals surface area contributed by atoms with Gasteiger partial charge in [-0.3, -0.25) is 0 Å². The maximum absolute atomic E-state index is 11.0. The van der Waals surface area contributed by atoms with Crippen LogP contribution in [-0.4, -0.2) is 15.9 Å². The zero-order valence-electron chi connectivity index (χ0n) is 15.1. The first-order chi connectivity index (χ1) is 11.4. The highest BCUT2D eigenvalue weighted by Gasteiger charge is 2.62. The molecule has 3 heteroatoms. The van der Waals surface area contributed by atoms with E-state index in [0.717, 1.165) is 30.4 Å². The molecule has 3 nitrogen and oxygen atoms in total. The minimum absolute atomic E-state index is 0.114. The number of aromatic nitrogens is 1. The van der Waals surface area contributed by atoms with Crippen molar-refractivity contribution in [2.75, 3.05) is 0 Å². The summed E-state index contributed by atoms with van der Waals surface area (Å²) in [7, 11) is 0. The monoisotopic (exact) mass is 327 g/mol. The predicted molar refractivity (Wildman–Crippen MR) is 93.2 cm³/mol. The fraction of sp³-hybridized carbons (Fsp3) is 0.762. The standard InChI is InChI=1S/C21H29NO2/c1-19-11-13-12-22-24-18(13)10-14(19)4-5-15-16(19)6-8-20(2)17(15)7-9-21(20,3)23/h10,12,15-17,23H,4-9,11H2,1-3H3/t15-,16-,17-,19+,20-,21+/m0/s1. The Labute approximate surface area is 144 Å². The lowest BCUT2D eigenvalue weighted by Gasteiger charge is -2.58. The Bertz CT molecular complexity index is 717. The van der Waals surface area contributed by atoms with E-state index in [1.54, 1.807) is 5.57 Å². The molecule has 0 saturated heterocycles. The highest BCUT2D eigenvalue weighted by atomic mass is 16.5. The van der Waals surface area contributed by atoms with Gasteiger partial charge in [0.15, 0.2) is 5.76 Å². The molecule has 5 rings (SSSR count). The molecule has 0 aliphatic heterocycles. The van der Waals surface area contributed by atoms with Gasteiger partial charge in [-0.25, -0.2) is 0 Å². The molecule has 0 amide bonds. The molecule has 24 heavy (non-hydrogen) atoms. The molecule has 130 valence electrons. The fourth-order valence-electron chi connectivity index (χ4n) is 7.13. The molecule has 0 aromatic carbocycles. The number of hydrogen-bond acceptors (Lipinski definition) is 3. The molecule has 1 N–H and O–H groups in total. The van der Waals surface area contributed by atoms with Crippen molar-refractivity contribution in [3.63, 3.8) is 0 Å². The average Bonchev–Trinajstić information content (AvgIpc) is 3.06. The molecule has 1 aromatic heterocycles. The lowest BCUT2D eigenvalue weighted by Crippen LogP contribution is -2.54. The van der Waals surface area contributed by atoms with Gasteiger partial charge in [0.05, 0.1) is 11.8 Å². The summed E-state index contributed by atoms with van der Waals surface area (Å²) in [5, 5.41) is 15.0. The summed E-state index contributed by atoms with van der Waals surface area (Å²) >= 11 is 0. The highest BCUT2D eigenvalue weighted by Crippen LogP contribution is 2.67. The number of aliphatic hydroxyl groups is 1. The average molecular weight is 327 g/mol. The molecule has 1 aromatic rings. The summed E-state index contributed by atoms with van der Waals surface area (Å²) in [4.78, 5) is 0. The van der Waals surface area contributed by atoms with E-state index >= 15 is 0 Å². The molecular formula is C21H29NO2. The van der Waals surface area contributed by atoms with Crippen molar-refractivity contribution in [1.82, 2.24) is 5.16 Å². The van der Waals surface area contributed by atoms with Crippen LogP contribution in [0.2, 0.25) is 0 Å². The smallest absolute Gasteiger partial charge is 0.162 e. The minimum atomic E-state index is -0.478. The van der Waals surface area contributed by atoms with E-state index in [1.165, 1.54) is 37.7 Å². The van der Waals surface area contributed by atoms with Gasteiger partial charge < -0.3 is 9.63 Å². The van der Waals surface area contributed by atoms with Crippen molar-refractivity contribution in [3.8, 4) is 0 Å². The molecule has 0 unspecified atom stereocenters. The second-order valence-electron chi connectivity index (χ2n) is 9.66. The zero-order valence-corrected chi connectivity index (χ0v) is 15.1. The van der Waals surface area contributed by atoms with E-state index in [4.69, 9.17) is 4.52 Å². The van der Waals surface area contributed by atoms with E-state index in [-0.39, 0.29) is 10.8 Å². The van der Waals surface area contributed by atoms with Gasteiger partial charge in [0, 0.05) is 5.56 Å². The van der Waals surface area contributed by atoms with Gasteiger partial charge in [-0.1, -0.05) is 24.6 Å². The Morgan fingerprint density at radius 3 is 2.75 bits per heavy atom. The lowest BCUT2D eigenvalue weighted by molar-refractivity contribution is -0.116. The topological polar surface area (TPSA) is 46.3 Å². The summed E-state index contributed by atoms with van der Waals surface area (Å²) in [6, 6.07) is 0. The third-order valence-corrected chi connectivity index (χ3v) is 8.84. The molecule has 4 aliphatic rings. The Balaban J connectivity index is 1.53. The number of nitrogens with zero attached hydrogens (tertiary/aromatic N) is 1. The van der Waals surface area contributed by atoms with Gasteiger partial charge in [0.2, 0.25) is 0 Å². The van der Waals surface area contributed by atoms with Gasteiger partial charge in [-0.2, -0.15) is 0 Å². The van der Waals surface area contributed by atoms with Crippen LogP contribution in [0.1, 0.15) is 70.6 Å². The first-order valence-corrected chi connectivity index (χ1v) is 9.72. The maximum atomic E-state index is 11.0. The number of fused-ring (bicyclic) bond motifs is 6. The van der Waals surface area contributed by atoms with Gasteiger partial charge in [-0.15, -0.1) is 0 Å². The molecular weight excluding hydrogens is 298 g/mol. The Morgan fingerprint density at radius 2 is 1.92 bits per heavy atom. The van der Waals surface area contributed by atoms with E-state index in [9.17, 15) is 5.11 Å². The van der Waals surface area contributed by atoms with E-state index in [2.05, 4.69) is 32.0 Å². The summed E-state index contributed by atoms with van der Waals surface area (Å²) in [5.74, 6) is 3.19. The van der Waals surface area contributed by atoms with Crippen LogP contribution in [-0.2, 0) is 6.42 Å². The third-order valence-electron chi connectivity index (χ3n) is 8.84. The molecule has 3 saturated carbocycles. The first-order valence-electron chi connectivity index (χ1n) is 9.72. The van der Waals surface area contributed by atoms with Crippen LogP contribution in [0.15, 0.2) is 16.3 Å². The van der Waals surface area contributed by atoms with E-state index in [1.807, 2.05) is 6.20 Å². The van der Waals surface area contributed by atoms with Crippen LogP contribution >= 0.6 is 0 Å². The van der Waals surface area contributed by atoms with Crippen LogP contribution in [0, 0.1) is 28.6 Å². The van der Waals surface area contributed by atoms with Crippen molar-refractivity contribution < 1.29 is 9.63 Å². The second kappa shape index (κ2) is 4.55. The van der Waals surface area contributed by atoms with Crippen molar-refractivity contribution in [3.05, 3.63) is 23.1 Å². The quantitative estimate of drug-likeness (QED) is 0.757. The fourth-order valence-corrected chi connectivity index (χ4v) is 7.13. The van der Waals surface area contributed by atoms with Gasteiger partial charge in [-0.05, 0) is 86.5 Å². The summed E-state index contributed by atoms with van der Waals surface area (Å²) in [6.07, 6.45) is 12.4. The molecule has 0 bridgehead atoms. The summed E-state index contributed by atoms with van der Waals surface area (Å²) in [6.45, 7) is 6.95. The van der Waals surface area contributed by atoms with Crippen molar-refractivity contribution in [2.24, 2.45) is 28.6 Å². The number of hydrogen-bond donors (Lipinski definition) is 1. The molecule has 0 radical (unpaired) electrons. The Morgan fingerprint density at radius 1 is 1.12 bits per heavy atom. The van der Waals surface area contributed by atoms with Crippen LogP contribution < -0.4 is 0 Å². The van der Waals surface area contributed by atoms with Crippen LogP contribution in [0.5, 0.6) is 0 Å². The van der Waals surface area contributed by atoms with Crippen molar-refractivity contribution in [1.29, 1.82) is 0 Å². The number of allylic oxidation sites excluding steroid dienone is 1. The van der Waals surface area contributed by atoms with Gasteiger partial charge in [0.1, 0.15) is 0 Å². The predicted octanol–water partition coefficient (Wildman–Crippen LogP) is 4.61. The normalized spacial score (nSPS) is 49.7. The van der Waals surface area contributed by atoms with E-state index in [0.29, 0.717) is 5.92 Å². The molecule has 3 fully saturated rings. The Hall–Kier alpha value is -1.09. The molecule has 6 atom stereocenters. The molecule has 1 heterocycles. The number of rotatable bonds is 0. The van der Waals surface area contributed by atoms with Gasteiger partial charge in [0.25, 0.3) is 0 Å². The van der Waals surface area contributed by atoms with Crippen molar-refractivity contribution in [2.45, 2.75) is 71.3 Å². The van der Waals surface area contributed by atoms with Gasteiger partial charge >= 0.3 is 0 Å². The van der Waals surface area contributed by atoms with E-state index < -0.39 is 5.60 Å². The Kier molecular flexibility index (Phi) is 2.88. The molecule has 4 aliphatic carbocycles. The first kappa shape index (κ1) is 15.2. The zero-order chi connectivity index (χ0) is 16.7. The highest BCUT2D eigenvalue weighted by molar-refractivity contribution is 5.57. The maximum Gasteiger partial charge on any atom is 0.162 e. The van der Waals surface area contributed by atoms with Crippen LogP contribution in [0.3, 0.4) is 0 Å². The third kappa shape index (κ3) is 1.70. The minimum Gasteiger partial charge on any atom is -0.390 e. The summed E-state index contributed by atoms with van der Waals surface area (Å²) < 4.78 is 5.44. The SMILES string of the molecule is C[C@]12CC[C@H]3[C@H](CCC4=Cc5oncc5C[C@]43C)[C@@H]1CC[C@@]2(C)O. The lowest BCUT2D eigenvalue weighted by atomic mass is 9.46. The largest absolute Gasteiger partial charge is 0.390 e. The summed E-state index contributed by atoms with van der Waals surface area (Å²) in [5.41, 5.74) is 2.77.